The maximum atomic E-state index is 12.7. The van der Waals surface area contributed by atoms with E-state index in [1.54, 1.807) is 0 Å². The van der Waals surface area contributed by atoms with E-state index < -0.39 is 18.1 Å². The average Bonchev–Trinajstić information content (AvgIpc) is 3.16. The van der Waals surface area contributed by atoms with Gasteiger partial charge >= 0.3 is 12.1 Å². The molecule has 8 heteroatoms. The first-order valence-electron chi connectivity index (χ1n) is 11.7. The fourth-order valence-electron chi connectivity index (χ4n) is 4.00. The minimum atomic E-state index is -0.942. The Labute approximate surface area is 205 Å². The molecule has 0 heterocycles. The number of carbonyl (C=O) groups excluding carboxylic acids is 2. The van der Waals surface area contributed by atoms with E-state index in [1.807, 2.05) is 56.3 Å². The van der Waals surface area contributed by atoms with Crippen molar-refractivity contribution in [1.29, 1.82) is 0 Å². The zero-order valence-corrected chi connectivity index (χ0v) is 20.1. The summed E-state index contributed by atoms with van der Waals surface area (Å²) in [6.07, 6.45) is 1.43. The Morgan fingerprint density at radius 3 is 2.23 bits per heavy atom. The fourth-order valence-corrected chi connectivity index (χ4v) is 4.00. The molecular formula is C27H32N2O6. The Hall–Kier alpha value is -3.65. The molecule has 35 heavy (non-hydrogen) atoms. The minimum absolute atomic E-state index is 0.0684. The van der Waals surface area contributed by atoms with Crippen molar-refractivity contribution in [3.8, 4) is 11.1 Å². The number of nitrogens with one attached hydrogen (secondary N) is 2. The molecule has 3 rings (SSSR count). The van der Waals surface area contributed by atoms with Gasteiger partial charge in [-0.3, -0.25) is 9.59 Å². The first-order valence-corrected chi connectivity index (χ1v) is 11.7. The van der Waals surface area contributed by atoms with Crippen LogP contribution in [0, 0.1) is 0 Å². The number of carboxylic acids is 1. The van der Waals surface area contributed by atoms with E-state index in [-0.39, 0.29) is 44.6 Å². The Bertz CT molecular complexity index is 1030. The minimum Gasteiger partial charge on any atom is -0.481 e. The lowest BCUT2D eigenvalue weighted by atomic mass is 9.98. The fraction of sp³-hybridized carbons (Fsp3) is 0.370. The Balaban J connectivity index is 1.55. The molecule has 3 N–H and O–H groups in total. The zero-order valence-electron chi connectivity index (χ0n) is 20.1. The van der Waals surface area contributed by atoms with Crippen LogP contribution in [0.5, 0.6) is 0 Å². The highest BCUT2D eigenvalue weighted by atomic mass is 16.5. The monoisotopic (exact) mass is 480 g/mol. The largest absolute Gasteiger partial charge is 0.481 e. The van der Waals surface area contributed by atoms with Crippen molar-refractivity contribution in [2.24, 2.45) is 0 Å². The van der Waals surface area contributed by atoms with Crippen LogP contribution in [-0.2, 0) is 19.1 Å². The van der Waals surface area contributed by atoms with Gasteiger partial charge in [-0.1, -0.05) is 60.2 Å². The lowest BCUT2D eigenvalue weighted by Crippen LogP contribution is -2.47. The molecule has 2 aromatic rings. The number of rotatable bonds is 12. The maximum Gasteiger partial charge on any atom is 0.407 e. The Morgan fingerprint density at radius 1 is 1.00 bits per heavy atom. The third-order valence-corrected chi connectivity index (χ3v) is 5.72. The second-order valence-electron chi connectivity index (χ2n) is 8.59. The number of alkyl carbamates (subject to hydrolysis) is 1. The number of carboxylic acid groups (broad SMARTS) is 1. The van der Waals surface area contributed by atoms with E-state index in [9.17, 15) is 14.4 Å². The molecule has 186 valence electrons. The summed E-state index contributed by atoms with van der Waals surface area (Å²) in [6.45, 7) is 4.45. The first kappa shape index (κ1) is 26.0. The molecule has 0 saturated heterocycles. The van der Waals surface area contributed by atoms with Crippen molar-refractivity contribution in [1.82, 2.24) is 10.6 Å². The Morgan fingerprint density at radius 2 is 1.63 bits per heavy atom. The van der Waals surface area contributed by atoms with E-state index >= 15 is 0 Å². The van der Waals surface area contributed by atoms with Gasteiger partial charge in [0.05, 0.1) is 19.6 Å². The number of amides is 2. The highest BCUT2D eigenvalue weighted by molar-refractivity contribution is 5.86. The summed E-state index contributed by atoms with van der Waals surface area (Å²) >= 11 is 0. The molecule has 0 radical (unpaired) electrons. The van der Waals surface area contributed by atoms with Gasteiger partial charge in [-0.05, 0) is 42.5 Å². The molecule has 0 saturated carbocycles. The van der Waals surface area contributed by atoms with Crippen molar-refractivity contribution in [2.45, 2.75) is 38.6 Å². The first-order chi connectivity index (χ1) is 16.9. The highest BCUT2D eigenvalue weighted by Crippen LogP contribution is 2.44. The van der Waals surface area contributed by atoms with E-state index in [0.717, 1.165) is 27.8 Å². The number of aliphatic carboxylic acids is 1. The van der Waals surface area contributed by atoms with Crippen LogP contribution in [0.3, 0.4) is 0 Å². The number of benzene rings is 2. The van der Waals surface area contributed by atoms with Crippen LogP contribution in [0.1, 0.15) is 43.7 Å². The van der Waals surface area contributed by atoms with Crippen LogP contribution in [0.4, 0.5) is 4.79 Å². The van der Waals surface area contributed by atoms with E-state index in [2.05, 4.69) is 22.8 Å². The normalized spacial score (nSPS) is 12.7. The predicted molar refractivity (Wildman–Crippen MR) is 132 cm³/mol. The summed E-state index contributed by atoms with van der Waals surface area (Å²) in [5.74, 6) is -1.37. The van der Waals surface area contributed by atoms with Crippen LogP contribution < -0.4 is 10.6 Å². The van der Waals surface area contributed by atoms with Crippen molar-refractivity contribution in [2.75, 3.05) is 26.4 Å². The summed E-state index contributed by atoms with van der Waals surface area (Å²) < 4.78 is 10.8. The van der Waals surface area contributed by atoms with E-state index in [4.69, 9.17) is 14.6 Å². The van der Waals surface area contributed by atoms with Gasteiger partial charge in [0.1, 0.15) is 12.6 Å². The van der Waals surface area contributed by atoms with Gasteiger partial charge in [-0.2, -0.15) is 0 Å². The molecule has 0 aliphatic heterocycles. The standard InChI is InChI=1S/C27H32N2O6/c1-18(2)11-12-24(26(32)28-14-16-34-15-13-25(30)31)29-27(33)35-17-23-21-9-5-3-7-19(21)20-8-4-6-10-22(20)23/h3-11,23-24H,12-17H2,1-2H3,(H,28,32)(H,29,33)(H,30,31). The number of hydrogen-bond acceptors (Lipinski definition) is 5. The number of carbonyl (C=O) groups is 3. The van der Waals surface area contributed by atoms with Gasteiger partial charge in [0, 0.05) is 12.5 Å². The number of allylic oxidation sites excluding steroid dienone is 1. The van der Waals surface area contributed by atoms with Gasteiger partial charge in [0.25, 0.3) is 0 Å². The van der Waals surface area contributed by atoms with Gasteiger partial charge in [-0.15, -0.1) is 0 Å². The van der Waals surface area contributed by atoms with Crippen LogP contribution in [0.15, 0.2) is 60.2 Å². The molecule has 8 nitrogen and oxygen atoms in total. The second kappa shape index (κ2) is 12.7. The molecule has 1 aliphatic carbocycles. The van der Waals surface area contributed by atoms with E-state index in [0.29, 0.717) is 6.42 Å². The quantitative estimate of drug-likeness (QED) is 0.314. The summed E-state index contributed by atoms with van der Waals surface area (Å²) in [5.41, 5.74) is 5.53. The summed E-state index contributed by atoms with van der Waals surface area (Å²) in [4.78, 5) is 35.8. The number of hydrogen-bond donors (Lipinski definition) is 3. The summed E-state index contributed by atoms with van der Waals surface area (Å²) in [5, 5.41) is 14.0. The van der Waals surface area contributed by atoms with Gasteiger partial charge in [0.15, 0.2) is 0 Å². The molecule has 1 aliphatic rings. The topological polar surface area (TPSA) is 114 Å². The molecule has 2 aromatic carbocycles. The lowest BCUT2D eigenvalue weighted by Gasteiger charge is -2.19. The highest BCUT2D eigenvalue weighted by Gasteiger charge is 2.29. The SMILES string of the molecule is CC(C)=CCC(NC(=O)OCC1c2ccccc2-c2ccccc21)C(=O)NCCOCCC(=O)O. The average molecular weight is 481 g/mol. The third kappa shape index (κ3) is 7.42. The molecule has 0 spiro atoms. The van der Waals surface area contributed by atoms with E-state index in [1.165, 1.54) is 0 Å². The predicted octanol–water partition coefficient (Wildman–Crippen LogP) is 3.86. The van der Waals surface area contributed by atoms with Crippen LogP contribution in [-0.4, -0.2) is 55.5 Å². The number of fused-ring (bicyclic) bond motifs is 3. The Kier molecular flexibility index (Phi) is 9.43. The van der Waals surface area contributed by atoms with Crippen molar-refractivity contribution >= 4 is 18.0 Å². The summed E-state index contributed by atoms with van der Waals surface area (Å²) in [6, 6.07) is 15.4. The molecule has 1 unspecified atom stereocenters. The second-order valence-corrected chi connectivity index (χ2v) is 8.59. The molecule has 1 atom stereocenters. The smallest absolute Gasteiger partial charge is 0.407 e. The molecule has 0 fully saturated rings. The van der Waals surface area contributed by atoms with Crippen molar-refractivity contribution in [3.63, 3.8) is 0 Å². The van der Waals surface area contributed by atoms with Gasteiger partial charge < -0.3 is 25.2 Å². The van der Waals surface area contributed by atoms with Crippen molar-refractivity contribution < 1.29 is 29.0 Å². The van der Waals surface area contributed by atoms with Crippen LogP contribution >= 0.6 is 0 Å². The van der Waals surface area contributed by atoms with Crippen LogP contribution in [0.2, 0.25) is 0 Å². The molecule has 0 bridgehead atoms. The molecule has 2 amide bonds. The maximum absolute atomic E-state index is 12.7. The van der Waals surface area contributed by atoms with Crippen LogP contribution in [0.25, 0.3) is 11.1 Å². The van der Waals surface area contributed by atoms with Gasteiger partial charge in [-0.25, -0.2) is 4.79 Å². The number of ether oxygens (including phenoxy) is 2. The third-order valence-electron chi connectivity index (χ3n) is 5.72. The van der Waals surface area contributed by atoms with Crippen molar-refractivity contribution in [3.05, 3.63) is 71.3 Å². The summed E-state index contributed by atoms with van der Waals surface area (Å²) in [7, 11) is 0. The zero-order chi connectivity index (χ0) is 25.2. The van der Waals surface area contributed by atoms with Gasteiger partial charge in [0.2, 0.25) is 5.91 Å². The molecule has 0 aromatic heterocycles. The lowest BCUT2D eigenvalue weighted by molar-refractivity contribution is -0.138. The molecular weight excluding hydrogens is 448 g/mol.